The molecule has 0 radical (unpaired) electrons. The molecule has 1 heterocycles. The fourth-order valence-electron chi connectivity index (χ4n) is 1.71. The largest absolute Gasteiger partial charge is 0.394 e. The summed E-state index contributed by atoms with van der Waals surface area (Å²) in [5.41, 5.74) is 0. The van der Waals surface area contributed by atoms with Crippen molar-refractivity contribution in [2.45, 2.75) is 19.4 Å². The molecule has 1 rings (SSSR count). The Labute approximate surface area is 85.8 Å². The normalized spacial score (nSPS) is 24.0. The maximum Gasteiger partial charge on any atom is 0.0698 e. The molecule has 1 unspecified atom stereocenters. The van der Waals surface area contributed by atoms with Crippen LogP contribution in [0.4, 0.5) is 0 Å². The Balaban J connectivity index is 2.13. The number of ether oxygens (including phenoxy) is 2. The zero-order valence-electron chi connectivity index (χ0n) is 8.95. The van der Waals surface area contributed by atoms with Gasteiger partial charge in [0.2, 0.25) is 0 Å². The second kappa shape index (κ2) is 7.17. The molecule has 4 nitrogen and oxygen atoms in total. The summed E-state index contributed by atoms with van der Waals surface area (Å²) in [5, 5.41) is 8.54. The van der Waals surface area contributed by atoms with Gasteiger partial charge in [0.1, 0.15) is 0 Å². The van der Waals surface area contributed by atoms with Crippen LogP contribution < -0.4 is 0 Å². The summed E-state index contributed by atoms with van der Waals surface area (Å²) in [6.07, 6.45) is 1.12. The third kappa shape index (κ3) is 3.92. The molecule has 84 valence electrons. The van der Waals surface area contributed by atoms with E-state index in [1.807, 2.05) is 0 Å². The number of aliphatic hydroxyl groups excluding tert-OH is 1. The fourth-order valence-corrected chi connectivity index (χ4v) is 1.71. The first-order valence-corrected chi connectivity index (χ1v) is 5.39. The predicted molar refractivity (Wildman–Crippen MR) is 54.4 cm³/mol. The molecule has 0 aromatic heterocycles. The number of nitrogens with zero attached hydrogens (tertiary/aromatic N) is 1. The van der Waals surface area contributed by atoms with E-state index in [1.165, 1.54) is 0 Å². The van der Waals surface area contributed by atoms with Crippen LogP contribution in [0.25, 0.3) is 0 Å². The van der Waals surface area contributed by atoms with Crippen LogP contribution in [0.3, 0.4) is 0 Å². The first kappa shape index (κ1) is 11.9. The van der Waals surface area contributed by atoms with Crippen LogP contribution >= 0.6 is 0 Å². The minimum absolute atomic E-state index is 0.111. The van der Waals surface area contributed by atoms with Gasteiger partial charge in [-0.15, -0.1) is 0 Å². The van der Waals surface area contributed by atoms with E-state index in [9.17, 15) is 0 Å². The molecule has 0 amide bonds. The molecule has 0 aromatic carbocycles. The van der Waals surface area contributed by atoms with E-state index in [0.29, 0.717) is 19.3 Å². The van der Waals surface area contributed by atoms with E-state index in [-0.39, 0.29) is 6.61 Å². The zero-order chi connectivity index (χ0) is 10.2. The molecule has 0 bridgehead atoms. The van der Waals surface area contributed by atoms with E-state index in [0.717, 1.165) is 32.7 Å². The van der Waals surface area contributed by atoms with Crippen LogP contribution in [-0.4, -0.2) is 62.2 Å². The molecule has 0 aliphatic carbocycles. The molecular weight excluding hydrogens is 182 g/mol. The SMILES string of the molecule is CCC1COCCN1CCOCCO. The Morgan fingerprint density at radius 2 is 2.36 bits per heavy atom. The quantitative estimate of drug-likeness (QED) is 0.622. The van der Waals surface area contributed by atoms with Crippen LogP contribution in [0.15, 0.2) is 0 Å². The summed E-state index contributed by atoms with van der Waals surface area (Å²) >= 11 is 0. The predicted octanol–water partition coefficient (Wildman–Crippen LogP) is 0.106. The van der Waals surface area contributed by atoms with Crippen molar-refractivity contribution in [2.75, 3.05) is 46.1 Å². The summed E-state index contributed by atoms with van der Waals surface area (Å²) in [6, 6.07) is 0.543. The Hall–Kier alpha value is -0.160. The molecule has 14 heavy (non-hydrogen) atoms. The monoisotopic (exact) mass is 203 g/mol. The number of morpholine rings is 1. The van der Waals surface area contributed by atoms with E-state index in [1.54, 1.807) is 0 Å². The molecule has 1 fully saturated rings. The maximum absolute atomic E-state index is 8.54. The van der Waals surface area contributed by atoms with Crippen molar-refractivity contribution < 1.29 is 14.6 Å². The van der Waals surface area contributed by atoms with Crippen LogP contribution in [0.1, 0.15) is 13.3 Å². The van der Waals surface area contributed by atoms with Crippen LogP contribution in [0, 0.1) is 0 Å². The molecule has 0 spiro atoms. The summed E-state index contributed by atoms with van der Waals surface area (Å²) in [5.74, 6) is 0. The topological polar surface area (TPSA) is 41.9 Å². The van der Waals surface area contributed by atoms with E-state index in [4.69, 9.17) is 14.6 Å². The average Bonchev–Trinajstić information content (AvgIpc) is 2.25. The van der Waals surface area contributed by atoms with Gasteiger partial charge in [0.05, 0.1) is 33.0 Å². The van der Waals surface area contributed by atoms with Gasteiger partial charge >= 0.3 is 0 Å². The summed E-state index contributed by atoms with van der Waals surface area (Å²) in [7, 11) is 0. The Morgan fingerprint density at radius 1 is 1.50 bits per heavy atom. The third-order valence-corrected chi connectivity index (χ3v) is 2.58. The van der Waals surface area contributed by atoms with Gasteiger partial charge in [-0.25, -0.2) is 0 Å². The van der Waals surface area contributed by atoms with Gasteiger partial charge in [-0.05, 0) is 6.42 Å². The van der Waals surface area contributed by atoms with Gasteiger partial charge < -0.3 is 14.6 Å². The standard InChI is InChI=1S/C10H21NO3/c1-2-10-9-14-7-4-11(10)3-6-13-8-5-12/h10,12H,2-9H2,1H3. The Kier molecular flexibility index (Phi) is 6.10. The third-order valence-electron chi connectivity index (χ3n) is 2.58. The Morgan fingerprint density at radius 3 is 3.07 bits per heavy atom. The molecule has 0 saturated carbocycles. The first-order chi connectivity index (χ1) is 6.88. The van der Waals surface area contributed by atoms with Gasteiger partial charge in [0, 0.05) is 19.1 Å². The van der Waals surface area contributed by atoms with E-state index < -0.39 is 0 Å². The van der Waals surface area contributed by atoms with Crippen molar-refractivity contribution >= 4 is 0 Å². The summed E-state index contributed by atoms with van der Waals surface area (Å²) < 4.78 is 10.7. The van der Waals surface area contributed by atoms with Crippen molar-refractivity contribution in [1.29, 1.82) is 0 Å². The zero-order valence-corrected chi connectivity index (χ0v) is 8.95. The molecule has 1 aliphatic rings. The molecule has 1 aliphatic heterocycles. The molecule has 4 heteroatoms. The lowest BCUT2D eigenvalue weighted by atomic mass is 10.2. The van der Waals surface area contributed by atoms with E-state index in [2.05, 4.69) is 11.8 Å². The van der Waals surface area contributed by atoms with Crippen molar-refractivity contribution in [3.63, 3.8) is 0 Å². The molecule has 1 atom stereocenters. The number of aliphatic hydroxyl groups is 1. The van der Waals surface area contributed by atoms with Crippen LogP contribution in [0.2, 0.25) is 0 Å². The minimum atomic E-state index is 0.111. The number of hydrogen-bond acceptors (Lipinski definition) is 4. The van der Waals surface area contributed by atoms with Gasteiger partial charge in [0.15, 0.2) is 0 Å². The van der Waals surface area contributed by atoms with Crippen molar-refractivity contribution in [2.24, 2.45) is 0 Å². The fraction of sp³-hybridized carbons (Fsp3) is 1.00. The lowest BCUT2D eigenvalue weighted by Gasteiger charge is -2.34. The van der Waals surface area contributed by atoms with Crippen molar-refractivity contribution in [1.82, 2.24) is 4.90 Å². The summed E-state index contributed by atoms with van der Waals surface area (Å²) in [6.45, 7) is 7.06. The molecule has 0 aromatic rings. The minimum Gasteiger partial charge on any atom is -0.394 e. The lowest BCUT2D eigenvalue weighted by Crippen LogP contribution is -2.46. The molecule has 1 N–H and O–H groups in total. The van der Waals surface area contributed by atoms with Gasteiger partial charge in [0.25, 0.3) is 0 Å². The highest BCUT2D eigenvalue weighted by Crippen LogP contribution is 2.09. The maximum atomic E-state index is 8.54. The second-order valence-corrected chi connectivity index (χ2v) is 3.51. The molecular formula is C10H21NO3. The van der Waals surface area contributed by atoms with Gasteiger partial charge in [-0.3, -0.25) is 4.90 Å². The van der Waals surface area contributed by atoms with Crippen LogP contribution in [0.5, 0.6) is 0 Å². The number of hydrogen-bond donors (Lipinski definition) is 1. The first-order valence-electron chi connectivity index (χ1n) is 5.39. The summed E-state index contributed by atoms with van der Waals surface area (Å²) in [4.78, 5) is 2.40. The average molecular weight is 203 g/mol. The van der Waals surface area contributed by atoms with Crippen molar-refractivity contribution in [3.8, 4) is 0 Å². The Bertz CT molecular complexity index is 143. The van der Waals surface area contributed by atoms with Gasteiger partial charge in [-0.2, -0.15) is 0 Å². The highest BCUT2D eigenvalue weighted by molar-refractivity contribution is 4.73. The molecule has 1 saturated heterocycles. The number of rotatable bonds is 6. The highest BCUT2D eigenvalue weighted by Gasteiger charge is 2.20. The van der Waals surface area contributed by atoms with Gasteiger partial charge in [-0.1, -0.05) is 6.92 Å². The van der Waals surface area contributed by atoms with E-state index >= 15 is 0 Å². The highest BCUT2D eigenvalue weighted by atomic mass is 16.5. The van der Waals surface area contributed by atoms with Crippen molar-refractivity contribution in [3.05, 3.63) is 0 Å². The second-order valence-electron chi connectivity index (χ2n) is 3.51. The lowest BCUT2D eigenvalue weighted by molar-refractivity contribution is -0.0233. The smallest absolute Gasteiger partial charge is 0.0698 e. The van der Waals surface area contributed by atoms with Crippen LogP contribution in [-0.2, 0) is 9.47 Å².